The summed E-state index contributed by atoms with van der Waals surface area (Å²) in [5.41, 5.74) is -0.553. The van der Waals surface area contributed by atoms with Gasteiger partial charge in [0.25, 0.3) is 0 Å². The van der Waals surface area contributed by atoms with Crippen molar-refractivity contribution in [3.63, 3.8) is 0 Å². The van der Waals surface area contributed by atoms with Crippen LogP contribution < -0.4 is 5.32 Å². The van der Waals surface area contributed by atoms with Gasteiger partial charge in [-0.15, -0.1) is 0 Å². The van der Waals surface area contributed by atoms with Crippen LogP contribution in [-0.2, 0) is 14.3 Å². The van der Waals surface area contributed by atoms with E-state index in [0.717, 1.165) is 52.0 Å². The standard InChI is InChI=1S/C16H28N2O3/c1-15(2,18-7-5-17-6-8-18)14(19)13-3-9-21-16(11-13)4-10-20-12-16/h13,17H,3-12H2,1-2H3. The molecule has 3 fully saturated rings. The summed E-state index contributed by atoms with van der Waals surface area (Å²) in [6.07, 6.45) is 2.63. The number of carbonyl (C=O) groups excluding carboxylic acids is 1. The molecule has 3 aliphatic heterocycles. The fourth-order valence-corrected chi connectivity index (χ4v) is 3.99. The van der Waals surface area contributed by atoms with Crippen LogP contribution in [0.5, 0.6) is 0 Å². The van der Waals surface area contributed by atoms with E-state index in [9.17, 15) is 4.79 Å². The summed E-state index contributed by atoms with van der Waals surface area (Å²) in [4.78, 5) is 15.4. The molecule has 5 heteroatoms. The highest BCUT2D eigenvalue weighted by Gasteiger charge is 2.47. The molecule has 3 rings (SSSR count). The van der Waals surface area contributed by atoms with Crippen molar-refractivity contribution in [2.45, 2.75) is 44.2 Å². The third-order valence-electron chi connectivity index (χ3n) is 5.44. The van der Waals surface area contributed by atoms with Crippen molar-refractivity contribution in [3.05, 3.63) is 0 Å². The van der Waals surface area contributed by atoms with Crippen molar-refractivity contribution < 1.29 is 14.3 Å². The van der Waals surface area contributed by atoms with Crippen molar-refractivity contribution in [1.82, 2.24) is 10.2 Å². The normalized spacial score (nSPS) is 35.2. The molecule has 5 nitrogen and oxygen atoms in total. The van der Waals surface area contributed by atoms with Crippen molar-refractivity contribution in [2.24, 2.45) is 5.92 Å². The van der Waals surface area contributed by atoms with Crippen LogP contribution in [0, 0.1) is 5.92 Å². The maximum atomic E-state index is 13.1. The third-order valence-corrected chi connectivity index (χ3v) is 5.44. The Morgan fingerprint density at radius 2 is 2.05 bits per heavy atom. The van der Waals surface area contributed by atoms with Crippen molar-refractivity contribution in [3.8, 4) is 0 Å². The molecule has 0 aliphatic carbocycles. The SMILES string of the molecule is CC(C)(C(=O)C1CCOC2(CCOC2)C1)N1CCNCC1. The average molecular weight is 296 g/mol. The maximum Gasteiger partial charge on any atom is 0.155 e. The van der Waals surface area contributed by atoms with E-state index in [1.165, 1.54) is 0 Å². The summed E-state index contributed by atoms with van der Waals surface area (Å²) in [5.74, 6) is 0.504. The van der Waals surface area contributed by atoms with Gasteiger partial charge in [-0.05, 0) is 26.7 Å². The van der Waals surface area contributed by atoms with Crippen LogP contribution in [-0.4, -0.2) is 67.8 Å². The molecule has 120 valence electrons. The maximum absolute atomic E-state index is 13.1. The topological polar surface area (TPSA) is 50.8 Å². The van der Waals surface area contributed by atoms with Crippen LogP contribution in [0.3, 0.4) is 0 Å². The lowest BCUT2D eigenvalue weighted by atomic mass is 9.77. The molecule has 1 N–H and O–H groups in total. The summed E-state index contributed by atoms with van der Waals surface area (Å²) in [5, 5.41) is 3.36. The summed E-state index contributed by atoms with van der Waals surface area (Å²) >= 11 is 0. The van der Waals surface area contributed by atoms with E-state index in [4.69, 9.17) is 9.47 Å². The first-order valence-corrected chi connectivity index (χ1v) is 8.25. The van der Waals surface area contributed by atoms with Gasteiger partial charge in [0.1, 0.15) is 0 Å². The molecule has 0 saturated carbocycles. The lowest BCUT2D eigenvalue weighted by Crippen LogP contribution is -2.59. The molecule has 3 aliphatic rings. The first-order chi connectivity index (χ1) is 10.0. The van der Waals surface area contributed by atoms with E-state index in [1.54, 1.807) is 0 Å². The Labute approximate surface area is 127 Å². The zero-order valence-corrected chi connectivity index (χ0v) is 13.3. The van der Waals surface area contributed by atoms with Gasteiger partial charge in [0, 0.05) is 51.7 Å². The van der Waals surface area contributed by atoms with Gasteiger partial charge in [0.2, 0.25) is 0 Å². The quantitative estimate of drug-likeness (QED) is 0.836. The smallest absolute Gasteiger partial charge is 0.155 e. The van der Waals surface area contributed by atoms with E-state index in [2.05, 4.69) is 24.1 Å². The number of carbonyl (C=O) groups is 1. The fraction of sp³-hybridized carbons (Fsp3) is 0.938. The van der Waals surface area contributed by atoms with E-state index < -0.39 is 0 Å². The minimum Gasteiger partial charge on any atom is -0.378 e. The second-order valence-corrected chi connectivity index (χ2v) is 7.18. The van der Waals surface area contributed by atoms with Gasteiger partial charge in [-0.2, -0.15) is 0 Å². The van der Waals surface area contributed by atoms with Crippen molar-refractivity contribution in [2.75, 3.05) is 46.0 Å². The summed E-state index contributed by atoms with van der Waals surface area (Å²) < 4.78 is 11.5. The predicted octanol–water partition coefficient (Wildman–Crippen LogP) is 0.825. The molecule has 21 heavy (non-hydrogen) atoms. The lowest BCUT2D eigenvalue weighted by Gasteiger charge is -2.44. The molecule has 0 amide bonds. The van der Waals surface area contributed by atoms with Gasteiger partial charge in [-0.3, -0.25) is 9.69 Å². The second kappa shape index (κ2) is 5.95. The van der Waals surface area contributed by atoms with Gasteiger partial charge in [0.15, 0.2) is 5.78 Å². The molecule has 2 unspecified atom stereocenters. The molecule has 0 aromatic rings. The van der Waals surface area contributed by atoms with Gasteiger partial charge >= 0.3 is 0 Å². The molecular formula is C16H28N2O3. The van der Waals surface area contributed by atoms with Crippen LogP contribution in [0.25, 0.3) is 0 Å². The second-order valence-electron chi connectivity index (χ2n) is 7.18. The van der Waals surface area contributed by atoms with Gasteiger partial charge in [-0.25, -0.2) is 0 Å². The van der Waals surface area contributed by atoms with E-state index in [1.807, 2.05) is 0 Å². The molecule has 2 atom stereocenters. The first-order valence-electron chi connectivity index (χ1n) is 8.25. The van der Waals surface area contributed by atoms with Crippen LogP contribution in [0.15, 0.2) is 0 Å². The summed E-state index contributed by atoms with van der Waals surface area (Å²) in [7, 11) is 0. The third kappa shape index (κ3) is 3.02. The highest BCUT2D eigenvalue weighted by molar-refractivity contribution is 5.89. The Bertz CT molecular complexity index is 385. The summed E-state index contributed by atoms with van der Waals surface area (Å²) in [6.45, 7) is 10.2. The van der Waals surface area contributed by atoms with Gasteiger partial charge in [0.05, 0.1) is 17.7 Å². The van der Waals surface area contributed by atoms with Crippen molar-refractivity contribution in [1.29, 1.82) is 0 Å². The molecule has 0 aromatic heterocycles. The van der Waals surface area contributed by atoms with Crippen molar-refractivity contribution >= 4 is 5.78 Å². The molecular weight excluding hydrogens is 268 g/mol. The Hall–Kier alpha value is -0.490. The van der Waals surface area contributed by atoms with E-state index in [-0.39, 0.29) is 17.1 Å². The fourth-order valence-electron chi connectivity index (χ4n) is 3.99. The van der Waals surface area contributed by atoms with E-state index >= 15 is 0 Å². The van der Waals surface area contributed by atoms with Crippen LogP contribution >= 0.6 is 0 Å². The van der Waals surface area contributed by atoms with E-state index in [0.29, 0.717) is 19.0 Å². The number of Topliss-reactive ketones (excluding diaryl/α,β-unsaturated/α-hetero) is 1. The minimum absolute atomic E-state index is 0.116. The Balaban J connectivity index is 1.68. The zero-order valence-electron chi connectivity index (χ0n) is 13.3. The molecule has 3 heterocycles. The Kier molecular flexibility index (Phi) is 4.37. The number of rotatable bonds is 3. The summed E-state index contributed by atoms with van der Waals surface area (Å²) in [6, 6.07) is 0. The Morgan fingerprint density at radius 3 is 2.71 bits per heavy atom. The van der Waals surface area contributed by atoms with Crippen LogP contribution in [0.1, 0.15) is 33.1 Å². The first kappa shape index (κ1) is 15.4. The molecule has 0 radical (unpaired) electrons. The van der Waals surface area contributed by atoms with Crippen LogP contribution in [0.2, 0.25) is 0 Å². The minimum atomic E-state index is -0.370. The lowest BCUT2D eigenvalue weighted by molar-refractivity contribution is -0.147. The number of nitrogens with zero attached hydrogens (tertiary/aromatic N) is 1. The number of nitrogens with one attached hydrogen (secondary N) is 1. The monoisotopic (exact) mass is 296 g/mol. The average Bonchev–Trinajstić information content (AvgIpc) is 2.95. The number of ketones is 1. The molecule has 0 aromatic carbocycles. The highest BCUT2D eigenvalue weighted by Crippen LogP contribution is 2.38. The van der Waals surface area contributed by atoms with Gasteiger partial charge in [-0.1, -0.05) is 0 Å². The van der Waals surface area contributed by atoms with Crippen LogP contribution in [0.4, 0.5) is 0 Å². The molecule has 1 spiro atoms. The zero-order chi connectivity index (χ0) is 14.9. The number of ether oxygens (including phenoxy) is 2. The largest absolute Gasteiger partial charge is 0.378 e. The molecule has 0 bridgehead atoms. The highest BCUT2D eigenvalue weighted by atomic mass is 16.6. The molecule has 3 saturated heterocycles. The number of piperazine rings is 1. The Morgan fingerprint density at radius 1 is 1.29 bits per heavy atom. The predicted molar refractivity (Wildman–Crippen MR) is 80.4 cm³/mol. The number of hydrogen-bond donors (Lipinski definition) is 1. The van der Waals surface area contributed by atoms with Gasteiger partial charge < -0.3 is 14.8 Å². The number of hydrogen-bond acceptors (Lipinski definition) is 5.